The molecule has 0 bridgehead atoms. The van der Waals surface area contributed by atoms with E-state index in [0.717, 1.165) is 8.95 Å². The van der Waals surface area contributed by atoms with Crippen molar-refractivity contribution in [3.8, 4) is 0 Å². The van der Waals surface area contributed by atoms with Gasteiger partial charge in [-0.05, 0) is 31.2 Å². The van der Waals surface area contributed by atoms with Gasteiger partial charge < -0.3 is 0 Å². The highest BCUT2D eigenvalue weighted by Crippen LogP contribution is 2.24. The number of aromatic nitrogens is 2. The highest BCUT2D eigenvalue weighted by atomic mass is 79.9. The summed E-state index contributed by atoms with van der Waals surface area (Å²) < 4.78 is 3.36. The van der Waals surface area contributed by atoms with E-state index < -0.39 is 0 Å². The van der Waals surface area contributed by atoms with E-state index in [4.69, 9.17) is 0 Å². The highest BCUT2D eigenvalue weighted by molar-refractivity contribution is 9.11. The molecule has 2 aromatic rings. The first kappa shape index (κ1) is 12.5. The Morgan fingerprint density at radius 3 is 2.82 bits per heavy atom. The van der Waals surface area contributed by atoms with Crippen molar-refractivity contribution in [1.29, 1.82) is 0 Å². The third-order valence-corrected chi connectivity index (χ3v) is 3.61. The molecule has 0 saturated carbocycles. The second kappa shape index (κ2) is 5.14. The summed E-state index contributed by atoms with van der Waals surface area (Å²) in [5, 5.41) is 4.10. The Morgan fingerprint density at radius 2 is 2.12 bits per heavy atom. The topological polar surface area (TPSA) is 34.9 Å². The summed E-state index contributed by atoms with van der Waals surface area (Å²) in [6, 6.07) is 7.28. The monoisotopic (exact) mass is 356 g/mol. The van der Waals surface area contributed by atoms with Gasteiger partial charge in [-0.25, -0.2) is 0 Å². The van der Waals surface area contributed by atoms with Crippen molar-refractivity contribution in [3.63, 3.8) is 0 Å². The molecule has 1 aromatic carbocycles. The summed E-state index contributed by atoms with van der Waals surface area (Å²) in [6.45, 7) is 2.64. The molecule has 1 aromatic heterocycles. The average molecular weight is 358 g/mol. The van der Waals surface area contributed by atoms with Crippen LogP contribution >= 0.6 is 31.9 Å². The Morgan fingerprint density at radius 1 is 1.35 bits per heavy atom. The van der Waals surface area contributed by atoms with E-state index in [0.29, 0.717) is 17.8 Å². The molecule has 0 radical (unpaired) electrons. The van der Waals surface area contributed by atoms with Crippen LogP contribution in [0.2, 0.25) is 0 Å². The van der Waals surface area contributed by atoms with Crippen molar-refractivity contribution in [1.82, 2.24) is 9.78 Å². The maximum atomic E-state index is 12.3. The van der Waals surface area contributed by atoms with Crippen molar-refractivity contribution < 1.29 is 4.79 Å². The number of carbonyl (C=O) groups is 1. The van der Waals surface area contributed by atoms with Crippen LogP contribution in [0.1, 0.15) is 23.0 Å². The van der Waals surface area contributed by atoms with E-state index in [-0.39, 0.29) is 5.78 Å². The largest absolute Gasteiger partial charge is 0.287 e. The third kappa shape index (κ3) is 2.50. The van der Waals surface area contributed by atoms with E-state index >= 15 is 0 Å². The SMILES string of the molecule is CCn1nccc1C(=O)c1cc(Br)ccc1Br. The van der Waals surface area contributed by atoms with Gasteiger partial charge in [-0.3, -0.25) is 9.48 Å². The highest BCUT2D eigenvalue weighted by Gasteiger charge is 2.16. The smallest absolute Gasteiger partial charge is 0.212 e. The number of hydrogen-bond acceptors (Lipinski definition) is 2. The quantitative estimate of drug-likeness (QED) is 0.785. The van der Waals surface area contributed by atoms with E-state index in [1.807, 2.05) is 19.1 Å². The van der Waals surface area contributed by atoms with Crippen LogP contribution in [0.4, 0.5) is 0 Å². The molecule has 17 heavy (non-hydrogen) atoms. The minimum atomic E-state index is -0.0301. The van der Waals surface area contributed by atoms with Crippen molar-refractivity contribution in [2.75, 3.05) is 0 Å². The van der Waals surface area contributed by atoms with Gasteiger partial charge in [-0.1, -0.05) is 31.9 Å². The second-order valence-corrected chi connectivity index (χ2v) is 5.26. The summed E-state index contributed by atoms with van der Waals surface area (Å²) in [5.41, 5.74) is 1.24. The lowest BCUT2D eigenvalue weighted by molar-refractivity contribution is 0.102. The molecule has 0 aliphatic carbocycles. The number of nitrogens with zero attached hydrogens (tertiary/aromatic N) is 2. The van der Waals surface area contributed by atoms with Gasteiger partial charge in [-0.15, -0.1) is 0 Å². The van der Waals surface area contributed by atoms with Gasteiger partial charge in [0.05, 0.1) is 0 Å². The Labute approximate surface area is 116 Å². The van der Waals surface area contributed by atoms with Gasteiger partial charge in [0.2, 0.25) is 5.78 Å². The summed E-state index contributed by atoms with van der Waals surface area (Å²) in [4.78, 5) is 12.3. The minimum absolute atomic E-state index is 0.0301. The van der Waals surface area contributed by atoms with E-state index in [2.05, 4.69) is 37.0 Å². The van der Waals surface area contributed by atoms with Crippen molar-refractivity contribution in [2.24, 2.45) is 0 Å². The zero-order chi connectivity index (χ0) is 12.4. The molecule has 0 amide bonds. The molecule has 0 saturated heterocycles. The Bertz CT molecular complexity index is 563. The molecule has 3 nitrogen and oxygen atoms in total. The van der Waals surface area contributed by atoms with Crippen LogP contribution in [0.5, 0.6) is 0 Å². The minimum Gasteiger partial charge on any atom is -0.287 e. The predicted molar refractivity (Wildman–Crippen MR) is 73.2 cm³/mol. The van der Waals surface area contributed by atoms with Gasteiger partial charge in [0.1, 0.15) is 5.69 Å². The maximum absolute atomic E-state index is 12.3. The van der Waals surface area contributed by atoms with Crippen LogP contribution in [0, 0.1) is 0 Å². The zero-order valence-electron chi connectivity index (χ0n) is 9.15. The molecule has 0 aliphatic rings. The Hall–Kier alpha value is -0.940. The number of halogens is 2. The molecular weight excluding hydrogens is 348 g/mol. The summed E-state index contributed by atoms with van der Waals surface area (Å²) in [6.07, 6.45) is 1.64. The fourth-order valence-electron chi connectivity index (χ4n) is 1.59. The molecule has 1 heterocycles. The Kier molecular flexibility index (Phi) is 3.79. The van der Waals surface area contributed by atoms with E-state index in [1.165, 1.54) is 0 Å². The number of aryl methyl sites for hydroxylation is 1. The number of rotatable bonds is 3. The molecule has 0 N–H and O–H groups in total. The molecule has 0 unspecified atom stereocenters. The molecular formula is C12H10Br2N2O. The lowest BCUT2D eigenvalue weighted by Gasteiger charge is -2.06. The second-order valence-electron chi connectivity index (χ2n) is 3.49. The molecule has 0 aliphatic heterocycles. The zero-order valence-corrected chi connectivity index (χ0v) is 12.3. The summed E-state index contributed by atoms with van der Waals surface area (Å²) in [5.74, 6) is -0.0301. The van der Waals surface area contributed by atoms with Crippen molar-refractivity contribution in [3.05, 3.63) is 50.7 Å². The first-order valence-electron chi connectivity index (χ1n) is 5.15. The van der Waals surface area contributed by atoms with Gasteiger partial charge in [0.25, 0.3) is 0 Å². The van der Waals surface area contributed by atoms with Gasteiger partial charge in [-0.2, -0.15) is 5.10 Å². The molecule has 5 heteroatoms. The third-order valence-electron chi connectivity index (χ3n) is 2.42. The van der Waals surface area contributed by atoms with Gasteiger partial charge in [0, 0.05) is 27.3 Å². The van der Waals surface area contributed by atoms with Crippen LogP contribution in [0.3, 0.4) is 0 Å². The van der Waals surface area contributed by atoms with Crippen LogP contribution in [0.25, 0.3) is 0 Å². The maximum Gasteiger partial charge on any atom is 0.212 e. The lowest BCUT2D eigenvalue weighted by Crippen LogP contribution is -2.11. The first-order chi connectivity index (χ1) is 8.13. The summed E-state index contributed by atoms with van der Waals surface area (Å²) in [7, 11) is 0. The Balaban J connectivity index is 2.47. The molecule has 0 fully saturated rings. The lowest BCUT2D eigenvalue weighted by atomic mass is 10.1. The fourth-order valence-corrected chi connectivity index (χ4v) is 2.37. The van der Waals surface area contributed by atoms with Crippen LogP contribution < -0.4 is 0 Å². The predicted octanol–water partition coefficient (Wildman–Crippen LogP) is 3.66. The van der Waals surface area contributed by atoms with Gasteiger partial charge in [0.15, 0.2) is 0 Å². The van der Waals surface area contributed by atoms with E-state index in [1.54, 1.807) is 23.0 Å². The standard InChI is InChI=1S/C12H10Br2N2O/c1-2-16-11(5-6-15-16)12(17)9-7-8(13)3-4-10(9)14/h3-7H,2H2,1H3. The number of benzene rings is 1. The molecule has 0 atom stereocenters. The number of carbonyl (C=O) groups excluding carboxylic acids is 1. The molecule has 2 rings (SSSR count). The molecule has 88 valence electrons. The molecule has 0 spiro atoms. The van der Waals surface area contributed by atoms with Gasteiger partial charge >= 0.3 is 0 Å². The summed E-state index contributed by atoms with van der Waals surface area (Å²) >= 11 is 6.76. The van der Waals surface area contributed by atoms with Crippen LogP contribution in [-0.2, 0) is 6.54 Å². The van der Waals surface area contributed by atoms with Crippen molar-refractivity contribution in [2.45, 2.75) is 13.5 Å². The van der Waals surface area contributed by atoms with Crippen LogP contribution in [0.15, 0.2) is 39.4 Å². The fraction of sp³-hybridized carbons (Fsp3) is 0.167. The van der Waals surface area contributed by atoms with Crippen molar-refractivity contribution >= 4 is 37.6 Å². The first-order valence-corrected chi connectivity index (χ1v) is 6.73. The number of hydrogen-bond donors (Lipinski definition) is 0. The average Bonchev–Trinajstić information content (AvgIpc) is 2.79. The van der Waals surface area contributed by atoms with Crippen LogP contribution in [-0.4, -0.2) is 15.6 Å². The normalized spacial score (nSPS) is 10.5. The van der Waals surface area contributed by atoms with E-state index in [9.17, 15) is 4.79 Å². The number of ketones is 1.